The van der Waals surface area contributed by atoms with Gasteiger partial charge in [0.25, 0.3) is 0 Å². The normalized spacial score (nSPS) is 18.0. The van der Waals surface area contributed by atoms with Crippen LogP contribution in [-0.2, 0) is 0 Å². The molecule has 0 unspecified atom stereocenters. The number of rotatable bonds is 4. The van der Waals surface area contributed by atoms with E-state index >= 15 is 0 Å². The standard InChI is InChI=1S/C24H29N7OS/c1-23(2)9-16(10-24(3,4)30-23)31(5)22-28-18-13-25-20(29-21(18)33-22)17-7-6-14(8-19(17)32)15-11-26-27-12-15/h6-8,11-13,16,30,32H,9-10H2,1-5H3,(H,26,27). The van der Waals surface area contributed by atoms with Crippen LogP contribution >= 0.6 is 11.3 Å². The van der Waals surface area contributed by atoms with Crippen LogP contribution in [0.1, 0.15) is 40.5 Å². The molecular formula is C24H29N7OS. The summed E-state index contributed by atoms with van der Waals surface area (Å²) >= 11 is 1.56. The van der Waals surface area contributed by atoms with E-state index in [4.69, 9.17) is 9.97 Å². The molecule has 9 heteroatoms. The van der Waals surface area contributed by atoms with Crippen molar-refractivity contribution in [1.29, 1.82) is 0 Å². The van der Waals surface area contributed by atoms with E-state index in [0.29, 0.717) is 17.4 Å². The van der Waals surface area contributed by atoms with Crippen LogP contribution in [0.15, 0.2) is 36.8 Å². The van der Waals surface area contributed by atoms with Gasteiger partial charge in [-0.15, -0.1) is 0 Å². The third-order valence-corrected chi connectivity index (χ3v) is 7.28. The minimum atomic E-state index is 0.0600. The molecule has 5 rings (SSSR count). The number of fused-ring (bicyclic) bond motifs is 1. The molecule has 172 valence electrons. The highest BCUT2D eigenvalue weighted by molar-refractivity contribution is 7.21. The van der Waals surface area contributed by atoms with Crippen LogP contribution in [0.4, 0.5) is 5.13 Å². The zero-order valence-corrected chi connectivity index (χ0v) is 20.4. The Morgan fingerprint density at radius 1 is 1.06 bits per heavy atom. The first-order valence-corrected chi connectivity index (χ1v) is 11.9. The second kappa shape index (κ2) is 7.78. The van der Waals surface area contributed by atoms with E-state index in [2.05, 4.69) is 60.1 Å². The van der Waals surface area contributed by atoms with Crippen molar-refractivity contribution >= 4 is 26.8 Å². The summed E-state index contributed by atoms with van der Waals surface area (Å²) in [5.41, 5.74) is 3.27. The van der Waals surface area contributed by atoms with Gasteiger partial charge in [-0.1, -0.05) is 17.4 Å². The Morgan fingerprint density at radius 3 is 2.48 bits per heavy atom. The van der Waals surface area contributed by atoms with Gasteiger partial charge in [0.15, 0.2) is 11.0 Å². The second-order valence-electron chi connectivity index (χ2n) is 10.2. The number of H-pyrrole nitrogens is 1. The largest absolute Gasteiger partial charge is 0.507 e. The fourth-order valence-electron chi connectivity index (χ4n) is 5.01. The van der Waals surface area contributed by atoms with Gasteiger partial charge in [-0.2, -0.15) is 5.10 Å². The van der Waals surface area contributed by atoms with Gasteiger partial charge < -0.3 is 15.3 Å². The molecule has 0 amide bonds. The van der Waals surface area contributed by atoms with Gasteiger partial charge in [-0.25, -0.2) is 15.0 Å². The molecule has 1 aliphatic heterocycles. The molecule has 3 aromatic heterocycles. The van der Waals surface area contributed by atoms with E-state index < -0.39 is 0 Å². The quantitative estimate of drug-likeness (QED) is 0.407. The first kappa shape index (κ1) is 21.8. The van der Waals surface area contributed by atoms with Crippen molar-refractivity contribution in [1.82, 2.24) is 30.5 Å². The molecule has 1 saturated heterocycles. The van der Waals surface area contributed by atoms with Crippen LogP contribution in [-0.4, -0.2) is 54.4 Å². The Hall–Kier alpha value is -3.04. The predicted octanol–water partition coefficient (Wildman–Crippen LogP) is 4.59. The molecule has 33 heavy (non-hydrogen) atoms. The van der Waals surface area contributed by atoms with E-state index in [0.717, 1.165) is 39.4 Å². The summed E-state index contributed by atoms with van der Waals surface area (Å²) in [5, 5.41) is 22.1. The fraction of sp³-hybridized carbons (Fsp3) is 0.417. The Balaban J connectivity index is 1.44. The van der Waals surface area contributed by atoms with Gasteiger partial charge in [0, 0.05) is 35.9 Å². The Labute approximate surface area is 197 Å². The highest BCUT2D eigenvalue weighted by Crippen LogP contribution is 2.37. The number of phenolic OH excluding ortho intramolecular Hbond substituents is 1. The number of phenols is 1. The summed E-state index contributed by atoms with van der Waals surface area (Å²) in [6, 6.07) is 5.86. The van der Waals surface area contributed by atoms with E-state index in [9.17, 15) is 5.11 Å². The number of thiazole rings is 1. The van der Waals surface area contributed by atoms with Gasteiger partial charge in [0.2, 0.25) is 0 Å². The van der Waals surface area contributed by atoms with Crippen molar-refractivity contribution in [3.05, 3.63) is 36.8 Å². The number of aromatic amines is 1. The van der Waals surface area contributed by atoms with Gasteiger partial charge >= 0.3 is 0 Å². The van der Waals surface area contributed by atoms with Crippen LogP contribution < -0.4 is 10.2 Å². The number of aromatic hydroxyl groups is 1. The van der Waals surface area contributed by atoms with Crippen LogP contribution in [0, 0.1) is 0 Å². The van der Waals surface area contributed by atoms with E-state index in [1.165, 1.54) is 0 Å². The summed E-state index contributed by atoms with van der Waals surface area (Å²) in [6.07, 6.45) is 7.33. The summed E-state index contributed by atoms with van der Waals surface area (Å²) in [4.78, 5) is 17.1. The molecule has 4 aromatic rings. The van der Waals surface area contributed by atoms with Crippen molar-refractivity contribution in [2.24, 2.45) is 0 Å². The minimum Gasteiger partial charge on any atom is -0.507 e. The first-order valence-electron chi connectivity index (χ1n) is 11.1. The average Bonchev–Trinajstić information content (AvgIpc) is 3.40. The molecule has 0 bridgehead atoms. The molecule has 1 aliphatic rings. The lowest BCUT2D eigenvalue weighted by Gasteiger charge is -2.48. The van der Waals surface area contributed by atoms with Crippen molar-refractivity contribution in [3.8, 4) is 28.3 Å². The third-order valence-electron chi connectivity index (χ3n) is 6.23. The molecule has 0 saturated carbocycles. The van der Waals surface area contributed by atoms with Gasteiger partial charge in [0.1, 0.15) is 16.1 Å². The predicted molar refractivity (Wildman–Crippen MR) is 133 cm³/mol. The Bertz CT molecular complexity index is 1280. The summed E-state index contributed by atoms with van der Waals surface area (Å²) in [7, 11) is 2.12. The molecule has 4 heterocycles. The fourth-order valence-corrected chi connectivity index (χ4v) is 5.96. The minimum absolute atomic E-state index is 0.0600. The molecule has 1 fully saturated rings. The van der Waals surface area contributed by atoms with E-state index in [1.54, 1.807) is 36.0 Å². The topological polar surface area (TPSA) is 103 Å². The number of nitrogens with zero attached hydrogens (tertiary/aromatic N) is 5. The lowest BCUT2D eigenvalue weighted by Crippen LogP contribution is -2.61. The van der Waals surface area contributed by atoms with Crippen LogP contribution in [0.3, 0.4) is 0 Å². The second-order valence-corrected chi connectivity index (χ2v) is 11.1. The highest BCUT2D eigenvalue weighted by Gasteiger charge is 2.39. The maximum atomic E-state index is 10.6. The summed E-state index contributed by atoms with van der Waals surface area (Å²) in [6.45, 7) is 9.04. The zero-order valence-electron chi connectivity index (χ0n) is 19.5. The third kappa shape index (κ3) is 4.30. The SMILES string of the molecule is CN(c1nc2cnc(-c3ccc(-c4cn[nH]c4)cc3O)nc2s1)C1CC(C)(C)NC(C)(C)C1. The highest BCUT2D eigenvalue weighted by atomic mass is 32.1. The number of hydrogen-bond acceptors (Lipinski definition) is 8. The molecule has 0 radical (unpaired) electrons. The summed E-state index contributed by atoms with van der Waals surface area (Å²) in [5.74, 6) is 0.620. The number of aromatic nitrogens is 5. The zero-order chi connectivity index (χ0) is 23.4. The molecule has 0 aliphatic carbocycles. The lowest BCUT2D eigenvalue weighted by atomic mass is 9.79. The van der Waals surface area contributed by atoms with Crippen molar-refractivity contribution in [2.45, 2.75) is 57.7 Å². The number of piperidine rings is 1. The van der Waals surface area contributed by atoms with Crippen molar-refractivity contribution in [3.63, 3.8) is 0 Å². The molecule has 0 atom stereocenters. The van der Waals surface area contributed by atoms with Crippen LogP contribution in [0.2, 0.25) is 0 Å². The average molecular weight is 464 g/mol. The van der Waals surface area contributed by atoms with E-state index in [1.807, 2.05) is 12.1 Å². The number of anilines is 1. The Kier molecular flexibility index (Phi) is 5.13. The smallest absolute Gasteiger partial charge is 0.187 e. The van der Waals surface area contributed by atoms with Crippen molar-refractivity contribution < 1.29 is 5.11 Å². The van der Waals surface area contributed by atoms with Crippen molar-refractivity contribution in [2.75, 3.05) is 11.9 Å². The van der Waals surface area contributed by atoms with Crippen LogP contribution in [0.5, 0.6) is 5.75 Å². The first-order chi connectivity index (χ1) is 15.6. The van der Waals surface area contributed by atoms with E-state index in [-0.39, 0.29) is 16.8 Å². The number of hydrogen-bond donors (Lipinski definition) is 3. The Morgan fingerprint density at radius 2 is 1.82 bits per heavy atom. The molecule has 8 nitrogen and oxygen atoms in total. The monoisotopic (exact) mass is 463 g/mol. The van der Waals surface area contributed by atoms with Gasteiger partial charge in [-0.05, 0) is 58.2 Å². The van der Waals surface area contributed by atoms with Gasteiger partial charge in [0.05, 0.1) is 18.0 Å². The molecule has 1 aromatic carbocycles. The molecular weight excluding hydrogens is 434 g/mol. The van der Waals surface area contributed by atoms with Crippen LogP contribution in [0.25, 0.3) is 32.9 Å². The number of nitrogens with one attached hydrogen (secondary N) is 2. The lowest BCUT2D eigenvalue weighted by molar-refractivity contribution is 0.161. The maximum absolute atomic E-state index is 10.6. The maximum Gasteiger partial charge on any atom is 0.187 e. The molecule has 0 spiro atoms. The van der Waals surface area contributed by atoms with Gasteiger partial charge in [-0.3, -0.25) is 5.10 Å². The summed E-state index contributed by atoms with van der Waals surface area (Å²) < 4.78 is 0. The molecule has 3 N–H and O–H groups in total. The number of benzene rings is 1.